The van der Waals surface area contributed by atoms with Crippen LogP contribution in [0, 0.1) is 0 Å². The van der Waals surface area contributed by atoms with Crippen molar-refractivity contribution in [2.45, 2.75) is 31.7 Å². The first-order chi connectivity index (χ1) is 22.2. The summed E-state index contributed by atoms with van der Waals surface area (Å²) in [7, 11) is 1.55. The number of benzene rings is 2. The minimum atomic E-state index is -1.37. The summed E-state index contributed by atoms with van der Waals surface area (Å²) in [6.45, 7) is 2.93. The van der Waals surface area contributed by atoms with Crippen LogP contribution < -0.4 is 10.1 Å². The van der Waals surface area contributed by atoms with Gasteiger partial charge in [-0.1, -0.05) is 53.5 Å². The molecule has 2 aromatic carbocycles. The second-order valence-corrected chi connectivity index (χ2v) is 11.9. The van der Waals surface area contributed by atoms with Gasteiger partial charge < -0.3 is 25.2 Å². The van der Waals surface area contributed by atoms with Crippen LogP contribution in [-0.4, -0.2) is 76.1 Å². The molecule has 1 amide bonds. The highest BCUT2D eigenvalue weighted by atomic mass is 35.5. The molecule has 46 heavy (non-hydrogen) atoms. The lowest BCUT2D eigenvalue weighted by atomic mass is 9.78. The van der Waals surface area contributed by atoms with Crippen LogP contribution in [0.15, 0.2) is 89.5 Å². The molecule has 1 aromatic heterocycles. The number of rotatable bonds is 11. The van der Waals surface area contributed by atoms with E-state index in [1.165, 1.54) is 12.1 Å². The monoisotopic (exact) mass is 664 g/mol. The first-order valence-corrected chi connectivity index (χ1v) is 15.6. The lowest BCUT2D eigenvalue weighted by Gasteiger charge is -2.36. The smallest absolute Gasteiger partial charge is 0.334 e. The van der Waals surface area contributed by atoms with E-state index < -0.39 is 17.9 Å². The van der Waals surface area contributed by atoms with E-state index in [0.717, 1.165) is 11.1 Å². The first kappa shape index (κ1) is 33.0. The molecule has 1 saturated heterocycles. The standard InChI is InChI=1S/C34H34Cl2N4O6/c1-46-27-10-3-2-7-22(27)11-12-25-30(33(42)43)32(29-23(35)8-4-9-24(29)36)31(34(44)45)26(38-25)18-28(41)40-16-14-39(15-17-40)20-21-6-5-13-37-19-21/h2-10,13,19,32,38H,11-12,14-18,20H2,1H3,(H,42,43)(H,44,45). The van der Waals surface area contributed by atoms with Gasteiger partial charge in [-0.05, 0) is 48.2 Å². The van der Waals surface area contributed by atoms with E-state index in [-0.39, 0.29) is 56.9 Å². The number of carbonyl (C=O) groups is 3. The van der Waals surface area contributed by atoms with Crippen LogP contribution in [0.4, 0.5) is 0 Å². The van der Waals surface area contributed by atoms with Gasteiger partial charge in [0, 0.05) is 72.1 Å². The second-order valence-electron chi connectivity index (χ2n) is 11.1. The van der Waals surface area contributed by atoms with Crippen LogP contribution in [0.25, 0.3) is 0 Å². The van der Waals surface area contributed by atoms with E-state index in [1.54, 1.807) is 24.3 Å². The average molecular weight is 666 g/mol. The lowest BCUT2D eigenvalue weighted by molar-refractivity contribution is -0.133. The molecule has 3 aromatic rings. The zero-order valence-electron chi connectivity index (χ0n) is 25.2. The predicted octanol–water partition coefficient (Wildman–Crippen LogP) is 5.13. The molecule has 2 aliphatic rings. The molecule has 1 fully saturated rings. The third-order valence-corrected chi connectivity index (χ3v) is 8.96. The van der Waals surface area contributed by atoms with Crippen molar-refractivity contribution in [1.82, 2.24) is 20.1 Å². The quantitative estimate of drug-likeness (QED) is 0.255. The van der Waals surface area contributed by atoms with Gasteiger partial charge in [0.25, 0.3) is 0 Å². The van der Waals surface area contributed by atoms with E-state index in [1.807, 2.05) is 42.6 Å². The predicted molar refractivity (Wildman–Crippen MR) is 174 cm³/mol. The van der Waals surface area contributed by atoms with Crippen molar-refractivity contribution in [3.8, 4) is 5.75 Å². The molecule has 5 rings (SSSR count). The summed E-state index contributed by atoms with van der Waals surface area (Å²) in [5.41, 5.74) is 1.98. The molecule has 240 valence electrons. The Morgan fingerprint density at radius 3 is 2.20 bits per heavy atom. The molecule has 1 unspecified atom stereocenters. The number of carboxylic acids is 2. The topological polar surface area (TPSA) is 132 Å². The maximum Gasteiger partial charge on any atom is 0.334 e. The minimum Gasteiger partial charge on any atom is -0.496 e. The molecule has 1 atom stereocenters. The van der Waals surface area contributed by atoms with Gasteiger partial charge >= 0.3 is 11.9 Å². The highest BCUT2D eigenvalue weighted by Crippen LogP contribution is 2.45. The Balaban J connectivity index is 1.47. The van der Waals surface area contributed by atoms with Crippen molar-refractivity contribution < 1.29 is 29.3 Å². The Bertz CT molecular complexity index is 1670. The number of dihydropyridines is 1. The lowest BCUT2D eigenvalue weighted by Crippen LogP contribution is -2.48. The Morgan fingerprint density at radius 2 is 1.57 bits per heavy atom. The van der Waals surface area contributed by atoms with Crippen LogP contribution in [-0.2, 0) is 27.3 Å². The maximum absolute atomic E-state index is 13.7. The summed E-state index contributed by atoms with van der Waals surface area (Å²) >= 11 is 13.1. The number of allylic oxidation sites excluding steroid dienone is 1. The van der Waals surface area contributed by atoms with Gasteiger partial charge in [-0.25, -0.2) is 9.59 Å². The molecule has 3 N–H and O–H groups in total. The van der Waals surface area contributed by atoms with Gasteiger partial charge in [-0.3, -0.25) is 14.7 Å². The number of hydrogen-bond donors (Lipinski definition) is 3. The highest BCUT2D eigenvalue weighted by Gasteiger charge is 2.41. The molecule has 0 saturated carbocycles. The van der Waals surface area contributed by atoms with Crippen molar-refractivity contribution >= 4 is 41.0 Å². The zero-order valence-corrected chi connectivity index (χ0v) is 26.7. The number of carboxylic acid groups (broad SMARTS) is 2. The number of carbonyl (C=O) groups excluding carboxylic acids is 1. The summed E-state index contributed by atoms with van der Waals surface area (Å²) in [5, 5.41) is 24.4. The molecule has 0 spiro atoms. The molecule has 10 nitrogen and oxygen atoms in total. The van der Waals surface area contributed by atoms with Gasteiger partial charge in [0.05, 0.1) is 30.6 Å². The van der Waals surface area contributed by atoms with Crippen LogP contribution in [0.2, 0.25) is 10.0 Å². The normalized spacial score (nSPS) is 17.1. The average Bonchev–Trinajstić information content (AvgIpc) is 3.04. The molecule has 0 aliphatic carbocycles. The van der Waals surface area contributed by atoms with E-state index in [9.17, 15) is 24.6 Å². The molecular weight excluding hydrogens is 631 g/mol. The van der Waals surface area contributed by atoms with Gasteiger partial charge in [0.15, 0.2) is 0 Å². The molecule has 0 bridgehead atoms. The highest BCUT2D eigenvalue weighted by molar-refractivity contribution is 6.36. The SMILES string of the molecule is COc1ccccc1CCC1=C(C(=O)O)C(c2c(Cl)cccc2Cl)C(C(=O)O)=C(CC(=O)N2CCN(Cc3cccnc3)CC2)N1. The molecule has 3 heterocycles. The zero-order chi connectivity index (χ0) is 32.8. The summed E-state index contributed by atoms with van der Waals surface area (Å²) in [5.74, 6) is -3.66. The van der Waals surface area contributed by atoms with Gasteiger partial charge in [0.2, 0.25) is 5.91 Å². The Morgan fingerprint density at radius 1 is 0.891 bits per heavy atom. The largest absolute Gasteiger partial charge is 0.496 e. The fourth-order valence-electron chi connectivity index (χ4n) is 6.06. The number of methoxy groups -OCH3 is 1. The van der Waals surface area contributed by atoms with Crippen molar-refractivity contribution in [2.75, 3.05) is 33.3 Å². The van der Waals surface area contributed by atoms with E-state index in [2.05, 4.69) is 15.2 Å². The third-order valence-electron chi connectivity index (χ3n) is 8.30. The number of pyridine rings is 1. The third kappa shape index (κ3) is 7.36. The number of aromatic nitrogens is 1. The number of aliphatic carboxylic acids is 2. The number of halogens is 2. The second kappa shape index (κ2) is 14.8. The van der Waals surface area contributed by atoms with Crippen molar-refractivity contribution in [2.24, 2.45) is 0 Å². The Kier molecular flexibility index (Phi) is 10.6. The van der Waals surface area contributed by atoms with E-state index in [4.69, 9.17) is 27.9 Å². The minimum absolute atomic E-state index is 0.108. The number of aryl methyl sites for hydroxylation is 1. The number of ether oxygens (including phenoxy) is 1. The number of hydrogen-bond acceptors (Lipinski definition) is 7. The number of para-hydroxylation sites is 1. The van der Waals surface area contributed by atoms with Crippen LogP contribution >= 0.6 is 23.2 Å². The molecule has 2 aliphatic heterocycles. The molecular formula is C34H34Cl2N4O6. The van der Waals surface area contributed by atoms with Crippen LogP contribution in [0.5, 0.6) is 5.75 Å². The number of nitrogens with zero attached hydrogens (tertiary/aromatic N) is 3. The van der Waals surface area contributed by atoms with E-state index >= 15 is 0 Å². The van der Waals surface area contributed by atoms with Crippen LogP contribution in [0.3, 0.4) is 0 Å². The maximum atomic E-state index is 13.7. The Hall–Kier alpha value is -4.38. The fourth-order valence-corrected chi connectivity index (χ4v) is 6.68. The summed E-state index contributed by atoms with van der Waals surface area (Å²) < 4.78 is 5.48. The molecule has 0 radical (unpaired) electrons. The summed E-state index contributed by atoms with van der Waals surface area (Å²) in [6, 6.07) is 15.9. The summed E-state index contributed by atoms with van der Waals surface area (Å²) in [6.07, 6.45) is 3.85. The summed E-state index contributed by atoms with van der Waals surface area (Å²) in [4.78, 5) is 47.6. The van der Waals surface area contributed by atoms with Crippen molar-refractivity contribution in [3.63, 3.8) is 0 Å². The van der Waals surface area contributed by atoms with Gasteiger partial charge in [-0.15, -0.1) is 0 Å². The van der Waals surface area contributed by atoms with Crippen molar-refractivity contribution in [1.29, 1.82) is 0 Å². The van der Waals surface area contributed by atoms with Crippen molar-refractivity contribution in [3.05, 3.63) is 116 Å². The number of piperazine rings is 1. The van der Waals surface area contributed by atoms with Crippen LogP contribution in [0.1, 0.15) is 35.4 Å². The Labute approximate surface area is 276 Å². The fraction of sp³-hybridized carbons (Fsp3) is 0.294. The van der Waals surface area contributed by atoms with E-state index in [0.29, 0.717) is 44.9 Å². The van der Waals surface area contributed by atoms with Gasteiger partial charge in [-0.2, -0.15) is 0 Å². The number of amides is 1. The number of nitrogens with one attached hydrogen (secondary N) is 1. The first-order valence-electron chi connectivity index (χ1n) is 14.8. The molecule has 12 heteroatoms. The van der Waals surface area contributed by atoms with Gasteiger partial charge in [0.1, 0.15) is 5.75 Å².